The first kappa shape index (κ1) is 11.4. The van der Waals surface area contributed by atoms with Gasteiger partial charge in [0.05, 0.1) is 6.10 Å². The van der Waals surface area contributed by atoms with Gasteiger partial charge in [0.2, 0.25) is 0 Å². The van der Waals surface area contributed by atoms with Gasteiger partial charge in [0.15, 0.2) is 0 Å². The summed E-state index contributed by atoms with van der Waals surface area (Å²) in [4.78, 5) is 5.09. The minimum absolute atomic E-state index is 0.371. The highest BCUT2D eigenvalue weighted by Gasteiger charge is 2.40. The van der Waals surface area contributed by atoms with Crippen LogP contribution in [0.15, 0.2) is 0 Å². The summed E-state index contributed by atoms with van der Waals surface area (Å²) < 4.78 is 5.42. The molecular formula is C12H24N2O. The molecule has 3 heteroatoms. The molecule has 2 aliphatic rings. The van der Waals surface area contributed by atoms with Crippen molar-refractivity contribution in [2.45, 2.75) is 44.4 Å². The van der Waals surface area contributed by atoms with Gasteiger partial charge >= 0.3 is 0 Å². The van der Waals surface area contributed by atoms with Gasteiger partial charge < -0.3 is 4.74 Å². The van der Waals surface area contributed by atoms with E-state index in [0.717, 1.165) is 12.6 Å². The Kier molecular flexibility index (Phi) is 3.06. The Hall–Kier alpha value is -0.120. The number of methoxy groups -OCH3 is 1. The molecule has 15 heavy (non-hydrogen) atoms. The third kappa shape index (κ3) is 2.19. The maximum absolute atomic E-state index is 5.42. The Bertz CT molecular complexity index is 230. The molecule has 2 rings (SSSR count). The second-order valence-corrected chi connectivity index (χ2v) is 5.69. The number of likely N-dealkylation sites (tertiary alicyclic amines) is 2. The normalized spacial score (nSPS) is 37.6. The van der Waals surface area contributed by atoms with Crippen molar-refractivity contribution in [3.8, 4) is 0 Å². The van der Waals surface area contributed by atoms with Crippen molar-refractivity contribution in [1.82, 2.24) is 9.80 Å². The maximum Gasteiger partial charge on any atom is 0.0710 e. The molecule has 2 atom stereocenters. The minimum atomic E-state index is 0.371. The molecule has 2 fully saturated rings. The molecule has 0 aromatic carbocycles. The molecule has 0 saturated carbocycles. The van der Waals surface area contributed by atoms with E-state index in [4.69, 9.17) is 4.74 Å². The van der Waals surface area contributed by atoms with Crippen LogP contribution in [0.5, 0.6) is 0 Å². The van der Waals surface area contributed by atoms with Crippen LogP contribution in [-0.4, -0.2) is 61.3 Å². The van der Waals surface area contributed by atoms with Gasteiger partial charge in [-0.3, -0.25) is 9.80 Å². The topological polar surface area (TPSA) is 15.7 Å². The van der Waals surface area contributed by atoms with Gasteiger partial charge in [0.1, 0.15) is 0 Å². The average molecular weight is 212 g/mol. The van der Waals surface area contributed by atoms with E-state index in [1.165, 1.54) is 25.9 Å². The van der Waals surface area contributed by atoms with Gasteiger partial charge in [-0.15, -0.1) is 0 Å². The van der Waals surface area contributed by atoms with Gasteiger partial charge in [-0.1, -0.05) is 0 Å². The van der Waals surface area contributed by atoms with Crippen LogP contribution in [0.25, 0.3) is 0 Å². The molecule has 0 spiro atoms. The standard InChI is InChI=1S/C12H24N2O/c1-12(2)7-10(8-13(12)3)14-6-5-11(9-14)15-4/h10-11H,5-9H2,1-4H3. The molecule has 2 saturated heterocycles. The number of ether oxygens (including phenoxy) is 1. The van der Waals surface area contributed by atoms with Gasteiger partial charge in [-0.25, -0.2) is 0 Å². The summed E-state index contributed by atoms with van der Waals surface area (Å²) in [5, 5.41) is 0. The smallest absolute Gasteiger partial charge is 0.0710 e. The van der Waals surface area contributed by atoms with Gasteiger partial charge in [0, 0.05) is 38.3 Å². The molecule has 88 valence electrons. The first-order chi connectivity index (χ1) is 7.03. The van der Waals surface area contributed by atoms with Crippen molar-refractivity contribution in [2.24, 2.45) is 0 Å². The summed E-state index contributed by atoms with van der Waals surface area (Å²) in [6, 6.07) is 0.741. The van der Waals surface area contributed by atoms with Crippen molar-refractivity contribution >= 4 is 0 Å². The Labute approximate surface area is 93.4 Å². The molecule has 0 aliphatic carbocycles. The molecule has 0 amide bonds. The van der Waals surface area contributed by atoms with Crippen LogP contribution in [0.3, 0.4) is 0 Å². The zero-order chi connectivity index (χ0) is 11.1. The third-order valence-electron chi connectivity index (χ3n) is 4.28. The zero-order valence-electron chi connectivity index (χ0n) is 10.5. The predicted octanol–water partition coefficient (Wildman–Crippen LogP) is 1.19. The van der Waals surface area contributed by atoms with Crippen molar-refractivity contribution in [1.29, 1.82) is 0 Å². The summed E-state index contributed by atoms with van der Waals surface area (Å²) in [5.74, 6) is 0. The Morgan fingerprint density at radius 2 is 2.00 bits per heavy atom. The molecule has 0 aromatic heterocycles. The molecular weight excluding hydrogens is 188 g/mol. The summed E-state index contributed by atoms with van der Waals surface area (Å²) in [5.41, 5.74) is 0.371. The molecule has 3 nitrogen and oxygen atoms in total. The second kappa shape index (κ2) is 4.04. The molecule has 2 aliphatic heterocycles. The number of rotatable bonds is 2. The lowest BCUT2D eigenvalue weighted by Crippen LogP contribution is -2.36. The Morgan fingerprint density at radius 1 is 1.27 bits per heavy atom. The average Bonchev–Trinajstić information content (AvgIpc) is 2.72. The third-order valence-corrected chi connectivity index (χ3v) is 4.28. The van der Waals surface area contributed by atoms with Gasteiger partial charge in [-0.2, -0.15) is 0 Å². The fourth-order valence-electron chi connectivity index (χ4n) is 2.88. The summed E-state index contributed by atoms with van der Waals surface area (Å²) in [7, 11) is 4.07. The fourth-order valence-corrected chi connectivity index (χ4v) is 2.88. The Balaban J connectivity index is 1.92. The van der Waals surface area contributed by atoms with E-state index in [1.807, 2.05) is 7.11 Å². The monoisotopic (exact) mass is 212 g/mol. The highest BCUT2D eigenvalue weighted by Crippen LogP contribution is 2.31. The van der Waals surface area contributed by atoms with E-state index in [1.54, 1.807) is 0 Å². The predicted molar refractivity (Wildman–Crippen MR) is 62.1 cm³/mol. The lowest BCUT2D eigenvalue weighted by atomic mass is 10.00. The van der Waals surface area contributed by atoms with Crippen molar-refractivity contribution in [3.63, 3.8) is 0 Å². The van der Waals surface area contributed by atoms with Gasteiger partial charge in [-0.05, 0) is 33.7 Å². The van der Waals surface area contributed by atoms with E-state index in [-0.39, 0.29) is 0 Å². The summed E-state index contributed by atoms with van der Waals surface area (Å²) in [6.07, 6.45) is 2.97. The van der Waals surface area contributed by atoms with Crippen LogP contribution in [0, 0.1) is 0 Å². The van der Waals surface area contributed by atoms with Crippen LogP contribution in [-0.2, 0) is 4.74 Å². The van der Waals surface area contributed by atoms with E-state index >= 15 is 0 Å². The first-order valence-corrected chi connectivity index (χ1v) is 6.01. The van der Waals surface area contributed by atoms with E-state index in [2.05, 4.69) is 30.7 Å². The van der Waals surface area contributed by atoms with Crippen molar-refractivity contribution < 1.29 is 4.74 Å². The maximum atomic E-state index is 5.42. The molecule has 0 N–H and O–H groups in total. The van der Waals surface area contributed by atoms with Crippen LogP contribution < -0.4 is 0 Å². The second-order valence-electron chi connectivity index (χ2n) is 5.69. The number of hydrogen-bond acceptors (Lipinski definition) is 3. The molecule has 0 radical (unpaired) electrons. The molecule has 0 bridgehead atoms. The zero-order valence-corrected chi connectivity index (χ0v) is 10.5. The fraction of sp³-hybridized carbons (Fsp3) is 1.00. The lowest BCUT2D eigenvalue weighted by Gasteiger charge is -2.26. The molecule has 0 aromatic rings. The van der Waals surface area contributed by atoms with Crippen molar-refractivity contribution in [2.75, 3.05) is 33.8 Å². The lowest BCUT2D eigenvalue weighted by molar-refractivity contribution is 0.101. The van der Waals surface area contributed by atoms with E-state index in [0.29, 0.717) is 11.6 Å². The van der Waals surface area contributed by atoms with E-state index in [9.17, 15) is 0 Å². The van der Waals surface area contributed by atoms with Gasteiger partial charge in [0.25, 0.3) is 0 Å². The largest absolute Gasteiger partial charge is 0.380 e. The summed E-state index contributed by atoms with van der Waals surface area (Å²) >= 11 is 0. The minimum Gasteiger partial charge on any atom is -0.380 e. The summed E-state index contributed by atoms with van der Waals surface area (Å²) in [6.45, 7) is 8.25. The highest BCUT2D eigenvalue weighted by atomic mass is 16.5. The quantitative estimate of drug-likeness (QED) is 0.684. The number of nitrogens with zero attached hydrogens (tertiary/aromatic N) is 2. The van der Waals surface area contributed by atoms with Crippen LogP contribution in [0.2, 0.25) is 0 Å². The van der Waals surface area contributed by atoms with Crippen LogP contribution in [0.1, 0.15) is 26.7 Å². The highest BCUT2D eigenvalue weighted by molar-refractivity contribution is 4.97. The molecule has 2 unspecified atom stereocenters. The van der Waals surface area contributed by atoms with Crippen molar-refractivity contribution in [3.05, 3.63) is 0 Å². The van der Waals surface area contributed by atoms with E-state index < -0.39 is 0 Å². The first-order valence-electron chi connectivity index (χ1n) is 6.01. The van der Waals surface area contributed by atoms with Crippen LogP contribution >= 0.6 is 0 Å². The molecule has 2 heterocycles. The van der Waals surface area contributed by atoms with Crippen LogP contribution in [0.4, 0.5) is 0 Å². The number of hydrogen-bond donors (Lipinski definition) is 0. The number of likely N-dealkylation sites (N-methyl/N-ethyl adjacent to an activating group) is 1. The Morgan fingerprint density at radius 3 is 2.47 bits per heavy atom. The SMILES string of the molecule is COC1CCN(C2CN(C)C(C)(C)C2)C1.